The average Bonchev–Trinajstić information content (AvgIpc) is 3.57. The predicted octanol–water partition coefficient (Wildman–Crippen LogP) is 5.56. The highest BCUT2D eigenvalue weighted by atomic mass is 32.2. The van der Waals surface area contributed by atoms with Crippen LogP contribution in [0.4, 0.5) is 0 Å². The van der Waals surface area contributed by atoms with Gasteiger partial charge in [0.2, 0.25) is 5.91 Å². The molecule has 1 aliphatic carbocycles. The van der Waals surface area contributed by atoms with Gasteiger partial charge in [-0.1, -0.05) is 48.2 Å². The summed E-state index contributed by atoms with van der Waals surface area (Å²) in [5.41, 5.74) is 3.11. The standard InChI is InChI=1S/C27H27N5O2S/c33-25(31(19-24-14-8-16-34-24)23-12-5-2-6-13-23)20-35-27-30-29-26(22-11-7-15-28-17-22)32(27)18-21-9-3-1-4-10-21/h1,3-4,7-12,14-17H,2,5-6,13,18-20H2. The van der Waals surface area contributed by atoms with Gasteiger partial charge in [-0.05, 0) is 55.5 Å². The number of hydrogen-bond acceptors (Lipinski definition) is 6. The second-order valence-corrected chi connectivity index (χ2v) is 9.35. The number of carbonyl (C=O) groups excluding carboxylic acids is 1. The summed E-state index contributed by atoms with van der Waals surface area (Å²) in [6.45, 7) is 1.05. The number of nitrogens with zero attached hydrogens (tertiary/aromatic N) is 5. The summed E-state index contributed by atoms with van der Waals surface area (Å²) in [6.07, 6.45) is 11.5. The van der Waals surface area contributed by atoms with Gasteiger partial charge in [0.05, 0.1) is 25.1 Å². The number of thioether (sulfide) groups is 1. The Bertz CT molecular complexity index is 1270. The smallest absolute Gasteiger partial charge is 0.237 e. The summed E-state index contributed by atoms with van der Waals surface area (Å²) in [5, 5.41) is 9.61. The minimum absolute atomic E-state index is 0.0386. The largest absolute Gasteiger partial charge is 0.467 e. The number of allylic oxidation sites excluding steroid dienone is 2. The van der Waals surface area contributed by atoms with Gasteiger partial charge in [0.1, 0.15) is 5.76 Å². The highest BCUT2D eigenvalue weighted by Crippen LogP contribution is 2.28. The van der Waals surface area contributed by atoms with Crippen molar-refractivity contribution in [1.29, 1.82) is 0 Å². The van der Waals surface area contributed by atoms with Gasteiger partial charge in [0, 0.05) is 23.7 Å². The summed E-state index contributed by atoms with van der Waals surface area (Å²) in [5.74, 6) is 1.81. The third kappa shape index (κ3) is 5.71. The van der Waals surface area contributed by atoms with E-state index in [2.05, 4.69) is 38.0 Å². The Hall–Kier alpha value is -3.65. The van der Waals surface area contributed by atoms with E-state index in [1.165, 1.54) is 18.2 Å². The molecule has 8 heteroatoms. The van der Waals surface area contributed by atoms with Crippen LogP contribution in [0.25, 0.3) is 11.4 Å². The normalized spacial score (nSPS) is 13.4. The van der Waals surface area contributed by atoms with Crippen LogP contribution >= 0.6 is 11.8 Å². The summed E-state index contributed by atoms with van der Waals surface area (Å²) in [6, 6.07) is 17.8. The van der Waals surface area contributed by atoms with E-state index in [0.29, 0.717) is 18.2 Å². The van der Waals surface area contributed by atoms with Crippen molar-refractivity contribution in [3.63, 3.8) is 0 Å². The predicted molar refractivity (Wildman–Crippen MR) is 135 cm³/mol. The Morgan fingerprint density at radius 3 is 2.71 bits per heavy atom. The van der Waals surface area contributed by atoms with Crippen LogP contribution in [0.5, 0.6) is 0 Å². The molecule has 5 rings (SSSR count). The number of carbonyl (C=O) groups is 1. The van der Waals surface area contributed by atoms with Crippen LogP contribution in [-0.2, 0) is 17.9 Å². The van der Waals surface area contributed by atoms with E-state index in [-0.39, 0.29) is 11.7 Å². The highest BCUT2D eigenvalue weighted by Gasteiger charge is 2.23. The van der Waals surface area contributed by atoms with Gasteiger partial charge in [-0.25, -0.2) is 0 Å². The van der Waals surface area contributed by atoms with E-state index in [1.807, 2.05) is 47.4 Å². The molecule has 1 aliphatic rings. The lowest BCUT2D eigenvalue weighted by Crippen LogP contribution is -2.32. The van der Waals surface area contributed by atoms with Crippen LogP contribution in [0.15, 0.2) is 94.6 Å². The molecule has 35 heavy (non-hydrogen) atoms. The van der Waals surface area contributed by atoms with Gasteiger partial charge in [0.15, 0.2) is 11.0 Å². The number of hydrogen-bond donors (Lipinski definition) is 0. The quantitative estimate of drug-likeness (QED) is 0.289. The first-order valence-corrected chi connectivity index (χ1v) is 12.8. The number of rotatable bonds is 9. The van der Waals surface area contributed by atoms with Gasteiger partial charge >= 0.3 is 0 Å². The van der Waals surface area contributed by atoms with Crippen molar-refractivity contribution in [1.82, 2.24) is 24.6 Å². The first kappa shape index (κ1) is 23.1. The fraction of sp³-hybridized carbons (Fsp3) is 0.259. The molecule has 3 heterocycles. The van der Waals surface area contributed by atoms with Crippen molar-refractivity contribution in [3.8, 4) is 11.4 Å². The second kappa shape index (κ2) is 11.2. The zero-order chi connectivity index (χ0) is 23.9. The van der Waals surface area contributed by atoms with E-state index in [1.54, 1.807) is 18.7 Å². The summed E-state index contributed by atoms with van der Waals surface area (Å²) in [7, 11) is 0. The number of pyridine rings is 1. The molecular weight excluding hydrogens is 458 g/mol. The van der Waals surface area contributed by atoms with Crippen molar-refractivity contribution < 1.29 is 9.21 Å². The summed E-state index contributed by atoms with van der Waals surface area (Å²) in [4.78, 5) is 19.5. The van der Waals surface area contributed by atoms with Crippen molar-refractivity contribution in [2.45, 2.75) is 43.9 Å². The van der Waals surface area contributed by atoms with E-state index < -0.39 is 0 Å². The van der Waals surface area contributed by atoms with Gasteiger partial charge < -0.3 is 9.32 Å². The van der Waals surface area contributed by atoms with Crippen LogP contribution in [-0.4, -0.2) is 36.3 Å². The number of amides is 1. The maximum Gasteiger partial charge on any atom is 0.237 e. The molecule has 0 bridgehead atoms. The number of aromatic nitrogens is 4. The topological polar surface area (TPSA) is 77.1 Å². The molecule has 1 amide bonds. The molecule has 1 aromatic carbocycles. The molecule has 178 valence electrons. The molecule has 0 saturated carbocycles. The number of furan rings is 1. The Labute approximate surface area is 208 Å². The number of benzene rings is 1. The third-order valence-corrected chi connectivity index (χ3v) is 6.91. The Morgan fingerprint density at radius 1 is 1.06 bits per heavy atom. The Morgan fingerprint density at radius 2 is 1.97 bits per heavy atom. The second-order valence-electron chi connectivity index (χ2n) is 8.41. The van der Waals surface area contributed by atoms with E-state index in [9.17, 15) is 4.79 Å². The first-order chi connectivity index (χ1) is 17.3. The van der Waals surface area contributed by atoms with Gasteiger partial charge in [-0.2, -0.15) is 0 Å². The Kier molecular flexibility index (Phi) is 7.38. The molecule has 7 nitrogen and oxygen atoms in total. The van der Waals surface area contributed by atoms with Crippen molar-refractivity contribution in [2.75, 3.05) is 5.75 Å². The molecule has 0 radical (unpaired) electrons. The van der Waals surface area contributed by atoms with Crippen molar-refractivity contribution in [3.05, 3.63) is 96.4 Å². The van der Waals surface area contributed by atoms with Crippen molar-refractivity contribution >= 4 is 17.7 Å². The molecule has 0 aliphatic heterocycles. The van der Waals surface area contributed by atoms with E-state index in [0.717, 1.165) is 47.7 Å². The molecule has 0 N–H and O–H groups in total. The lowest BCUT2D eigenvalue weighted by atomic mass is 10.0. The monoisotopic (exact) mass is 485 g/mol. The van der Waals surface area contributed by atoms with E-state index >= 15 is 0 Å². The molecule has 0 atom stereocenters. The Balaban J connectivity index is 1.38. The SMILES string of the molecule is O=C(CSc1nnc(-c2cccnc2)n1Cc1ccccc1)N(Cc1ccco1)C1=CCCCC1. The third-order valence-electron chi connectivity index (χ3n) is 5.95. The lowest BCUT2D eigenvalue weighted by Gasteiger charge is -2.27. The van der Waals surface area contributed by atoms with Crippen LogP contribution in [0.1, 0.15) is 37.0 Å². The zero-order valence-electron chi connectivity index (χ0n) is 19.4. The van der Waals surface area contributed by atoms with Crippen LogP contribution < -0.4 is 0 Å². The highest BCUT2D eigenvalue weighted by molar-refractivity contribution is 7.99. The fourth-order valence-electron chi connectivity index (χ4n) is 4.19. The molecule has 0 unspecified atom stereocenters. The minimum atomic E-state index is 0.0386. The van der Waals surface area contributed by atoms with E-state index in [4.69, 9.17) is 4.42 Å². The minimum Gasteiger partial charge on any atom is -0.467 e. The maximum atomic E-state index is 13.4. The summed E-state index contributed by atoms with van der Waals surface area (Å²) < 4.78 is 7.60. The molecule has 3 aromatic heterocycles. The molecular formula is C27H27N5O2S. The van der Waals surface area contributed by atoms with Crippen molar-refractivity contribution in [2.24, 2.45) is 0 Å². The van der Waals surface area contributed by atoms with Gasteiger partial charge in [-0.3, -0.25) is 14.3 Å². The molecule has 4 aromatic rings. The first-order valence-electron chi connectivity index (χ1n) is 11.8. The van der Waals surface area contributed by atoms with Gasteiger partial charge in [0.25, 0.3) is 0 Å². The van der Waals surface area contributed by atoms with Crippen LogP contribution in [0.3, 0.4) is 0 Å². The van der Waals surface area contributed by atoms with Crippen LogP contribution in [0.2, 0.25) is 0 Å². The fourth-order valence-corrected chi connectivity index (χ4v) is 5.01. The molecule has 0 saturated heterocycles. The zero-order valence-corrected chi connectivity index (χ0v) is 20.2. The molecule has 0 spiro atoms. The molecule has 0 fully saturated rings. The lowest BCUT2D eigenvalue weighted by molar-refractivity contribution is -0.127. The van der Waals surface area contributed by atoms with Crippen LogP contribution in [0, 0.1) is 0 Å². The average molecular weight is 486 g/mol. The summed E-state index contributed by atoms with van der Waals surface area (Å²) >= 11 is 1.41. The van der Waals surface area contributed by atoms with Gasteiger partial charge in [-0.15, -0.1) is 10.2 Å². The maximum absolute atomic E-state index is 13.4.